The van der Waals surface area contributed by atoms with Gasteiger partial charge in [0.2, 0.25) is 0 Å². The van der Waals surface area contributed by atoms with Crippen LogP contribution in [-0.2, 0) is 0 Å². The summed E-state index contributed by atoms with van der Waals surface area (Å²) in [4.78, 5) is 4.38. The standard InChI is InChI=1S/C12H15FN2S2/c1-3-16-7-8(2)14-12-15-10-6-9(13)4-5-11(10)17-12/h4-6,8H,3,7H2,1-2H3,(H,14,15). The predicted octanol–water partition coefficient (Wildman–Crippen LogP) is 3.99. The van der Waals surface area contributed by atoms with Gasteiger partial charge in [0.05, 0.1) is 10.2 Å². The summed E-state index contributed by atoms with van der Waals surface area (Å²) in [6.45, 7) is 4.28. The number of nitrogens with one attached hydrogen (secondary N) is 1. The molecule has 0 aliphatic rings. The third-order valence-corrected chi connectivity index (χ3v) is 4.40. The van der Waals surface area contributed by atoms with Crippen LogP contribution in [0.4, 0.5) is 9.52 Å². The molecule has 17 heavy (non-hydrogen) atoms. The van der Waals surface area contributed by atoms with Gasteiger partial charge in [-0.25, -0.2) is 9.37 Å². The highest BCUT2D eigenvalue weighted by molar-refractivity contribution is 7.99. The number of rotatable bonds is 5. The predicted molar refractivity (Wildman–Crippen MR) is 75.7 cm³/mol. The second-order valence-electron chi connectivity index (χ2n) is 3.84. The van der Waals surface area contributed by atoms with Crippen molar-refractivity contribution in [2.45, 2.75) is 19.9 Å². The molecule has 1 aromatic carbocycles. The van der Waals surface area contributed by atoms with Crippen molar-refractivity contribution in [1.29, 1.82) is 0 Å². The first-order chi connectivity index (χ1) is 8.19. The topological polar surface area (TPSA) is 24.9 Å². The number of hydrogen-bond donors (Lipinski definition) is 1. The molecular formula is C12H15FN2S2. The minimum Gasteiger partial charge on any atom is -0.358 e. The lowest BCUT2D eigenvalue weighted by Gasteiger charge is -2.11. The molecule has 2 nitrogen and oxygen atoms in total. The first-order valence-electron chi connectivity index (χ1n) is 5.59. The second-order valence-corrected chi connectivity index (χ2v) is 6.19. The van der Waals surface area contributed by atoms with Crippen LogP contribution in [0.3, 0.4) is 0 Å². The van der Waals surface area contributed by atoms with Crippen LogP contribution in [-0.4, -0.2) is 22.5 Å². The van der Waals surface area contributed by atoms with Crippen molar-refractivity contribution in [2.24, 2.45) is 0 Å². The number of fused-ring (bicyclic) bond motifs is 1. The average molecular weight is 270 g/mol. The van der Waals surface area contributed by atoms with E-state index in [1.54, 1.807) is 17.4 Å². The Morgan fingerprint density at radius 3 is 3.12 bits per heavy atom. The van der Waals surface area contributed by atoms with Gasteiger partial charge in [-0.05, 0) is 24.8 Å². The fourth-order valence-electron chi connectivity index (χ4n) is 1.51. The summed E-state index contributed by atoms with van der Waals surface area (Å²) in [5, 5.41) is 4.22. The Hall–Kier alpha value is -0.810. The zero-order valence-electron chi connectivity index (χ0n) is 9.87. The minimum absolute atomic E-state index is 0.232. The van der Waals surface area contributed by atoms with Crippen molar-refractivity contribution >= 4 is 38.4 Å². The summed E-state index contributed by atoms with van der Waals surface area (Å²) in [5.74, 6) is 1.95. The van der Waals surface area contributed by atoms with Gasteiger partial charge < -0.3 is 5.32 Å². The molecule has 0 aliphatic heterocycles. The number of benzene rings is 1. The molecule has 1 aromatic heterocycles. The van der Waals surface area contributed by atoms with Crippen LogP contribution < -0.4 is 5.32 Å². The summed E-state index contributed by atoms with van der Waals surface area (Å²) in [7, 11) is 0. The van der Waals surface area contributed by atoms with Crippen LogP contribution in [0.25, 0.3) is 10.2 Å². The fourth-order valence-corrected chi connectivity index (χ4v) is 3.14. The monoisotopic (exact) mass is 270 g/mol. The Morgan fingerprint density at radius 2 is 2.35 bits per heavy atom. The highest BCUT2D eigenvalue weighted by Crippen LogP contribution is 2.27. The van der Waals surface area contributed by atoms with E-state index in [0.717, 1.165) is 26.9 Å². The van der Waals surface area contributed by atoms with Crippen molar-refractivity contribution in [3.05, 3.63) is 24.0 Å². The van der Waals surface area contributed by atoms with Crippen molar-refractivity contribution in [3.8, 4) is 0 Å². The maximum Gasteiger partial charge on any atom is 0.184 e. The largest absolute Gasteiger partial charge is 0.358 e. The molecule has 5 heteroatoms. The van der Waals surface area contributed by atoms with E-state index in [9.17, 15) is 4.39 Å². The smallest absolute Gasteiger partial charge is 0.184 e. The van der Waals surface area contributed by atoms with E-state index in [1.165, 1.54) is 12.1 Å². The van der Waals surface area contributed by atoms with E-state index < -0.39 is 0 Å². The Kier molecular flexibility index (Phi) is 4.23. The first-order valence-corrected chi connectivity index (χ1v) is 7.56. The summed E-state index contributed by atoms with van der Waals surface area (Å²) in [6.07, 6.45) is 0. The van der Waals surface area contributed by atoms with Crippen LogP contribution in [0.15, 0.2) is 18.2 Å². The average Bonchev–Trinajstić information content (AvgIpc) is 2.67. The van der Waals surface area contributed by atoms with Crippen LogP contribution in [0.1, 0.15) is 13.8 Å². The van der Waals surface area contributed by atoms with Gasteiger partial charge in [0.1, 0.15) is 5.82 Å². The number of halogens is 1. The zero-order valence-corrected chi connectivity index (χ0v) is 11.5. The van der Waals surface area contributed by atoms with Crippen molar-refractivity contribution in [2.75, 3.05) is 16.8 Å². The van der Waals surface area contributed by atoms with Gasteiger partial charge in [0.15, 0.2) is 5.13 Å². The molecule has 2 rings (SSSR count). The molecule has 1 heterocycles. The fraction of sp³-hybridized carbons (Fsp3) is 0.417. The molecule has 1 unspecified atom stereocenters. The number of thioether (sulfide) groups is 1. The van der Waals surface area contributed by atoms with E-state index in [-0.39, 0.29) is 5.82 Å². The molecule has 0 fully saturated rings. The number of thiazole rings is 1. The SMILES string of the molecule is CCSCC(C)Nc1nc2cc(F)ccc2s1. The molecule has 92 valence electrons. The second kappa shape index (κ2) is 5.69. The number of anilines is 1. The minimum atomic E-state index is -0.232. The zero-order chi connectivity index (χ0) is 12.3. The molecular weight excluding hydrogens is 255 g/mol. The first kappa shape index (κ1) is 12.6. The summed E-state index contributed by atoms with van der Waals surface area (Å²) < 4.78 is 14.0. The van der Waals surface area contributed by atoms with E-state index in [2.05, 4.69) is 24.1 Å². The third-order valence-electron chi connectivity index (χ3n) is 2.29. The van der Waals surface area contributed by atoms with Gasteiger partial charge in [0.25, 0.3) is 0 Å². The van der Waals surface area contributed by atoms with Gasteiger partial charge >= 0.3 is 0 Å². The Balaban J connectivity index is 2.08. The lowest BCUT2D eigenvalue weighted by molar-refractivity contribution is 0.629. The van der Waals surface area contributed by atoms with Gasteiger partial charge in [-0.3, -0.25) is 0 Å². The molecule has 1 N–H and O–H groups in total. The molecule has 2 aromatic rings. The van der Waals surface area contributed by atoms with E-state index in [0.29, 0.717) is 6.04 Å². The maximum atomic E-state index is 13.0. The summed E-state index contributed by atoms with van der Waals surface area (Å²) in [6, 6.07) is 5.10. The number of hydrogen-bond acceptors (Lipinski definition) is 4. The van der Waals surface area contributed by atoms with Gasteiger partial charge in [-0.1, -0.05) is 18.3 Å². The quantitative estimate of drug-likeness (QED) is 0.889. The lowest BCUT2D eigenvalue weighted by Crippen LogP contribution is -2.17. The van der Waals surface area contributed by atoms with Gasteiger partial charge in [-0.15, -0.1) is 0 Å². The van der Waals surface area contributed by atoms with Crippen molar-refractivity contribution in [3.63, 3.8) is 0 Å². The maximum absolute atomic E-state index is 13.0. The van der Waals surface area contributed by atoms with Gasteiger partial charge in [-0.2, -0.15) is 11.8 Å². The molecule has 0 aliphatic carbocycles. The molecule has 0 amide bonds. The number of aromatic nitrogens is 1. The Labute approximate surface area is 109 Å². The normalized spacial score (nSPS) is 12.9. The summed E-state index contributed by atoms with van der Waals surface area (Å²) in [5.41, 5.74) is 0.729. The highest BCUT2D eigenvalue weighted by atomic mass is 32.2. The Morgan fingerprint density at radius 1 is 1.53 bits per heavy atom. The van der Waals surface area contributed by atoms with E-state index in [4.69, 9.17) is 0 Å². The molecule has 0 radical (unpaired) electrons. The van der Waals surface area contributed by atoms with Crippen LogP contribution >= 0.6 is 23.1 Å². The molecule has 1 atom stereocenters. The number of nitrogens with zero attached hydrogens (tertiary/aromatic N) is 1. The van der Waals surface area contributed by atoms with Crippen molar-refractivity contribution in [1.82, 2.24) is 4.98 Å². The van der Waals surface area contributed by atoms with Crippen LogP contribution in [0.5, 0.6) is 0 Å². The van der Waals surface area contributed by atoms with Crippen LogP contribution in [0.2, 0.25) is 0 Å². The summed E-state index contributed by atoms with van der Waals surface area (Å²) >= 11 is 3.47. The van der Waals surface area contributed by atoms with Gasteiger partial charge in [0, 0.05) is 17.9 Å². The lowest BCUT2D eigenvalue weighted by atomic mass is 10.3. The Bertz CT molecular complexity index is 498. The van der Waals surface area contributed by atoms with E-state index >= 15 is 0 Å². The van der Waals surface area contributed by atoms with Crippen LogP contribution in [0, 0.1) is 5.82 Å². The molecule has 0 saturated heterocycles. The molecule has 0 saturated carbocycles. The highest BCUT2D eigenvalue weighted by Gasteiger charge is 2.07. The van der Waals surface area contributed by atoms with E-state index in [1.807, 2.05) is 11.8 Å². The molecule has 0 spiro atoms. The molecule has 0 bridgehead atoms. The third kappa shape index (κ3) is 3.33. The van der Waals surface area contributed by atoms with Crippen molar-refractivity contribution < 1.29 is 4.39 Å².